The molecule has 2 amide bonds. The van der Waals surface area contributed by atoms with E-state index in [4.69, 9.17) is 0 Å². The second kappa shape index (κ2) is 4.77. The molecule has 0 fully saturated rings. The van der Waals surface area contributed by atoms with Gasteiger partial charge in [0.1, 0.15) is 0 Å². The van der Waals surface area contributed by atoms with Crippen molar-refractivity contribution in [3.8, 4) is 0 Å². The van der Waals surface area contributed by atoms with Crippen LogP contribution in [0.25, 0.3) is 11.0 Å². The zero-order valence-electron chi connectivity index (χ0n) is 9.92. The van der Waals surface area contributed by atoms with E-state index in [-0.39, 0.29) is 6.03 Å². The summed E-state index contributed by atoms with van der Waals surface area (Å²) >= 11 is 0. The second-order valence-corrected chi connectivity index (χ2v) is 3.96. The Morgan fingerprint density at radius 2 is 2.05 bits per heavy atom. The molecule has 3 rings (SSSR count). The topological polar surface area (TPSA) is 82.7 Å². The van der Waals surface area contributed by atoms with Crippen LogP contribution >= 0.6 is 0 Å². The summed E-state index contributed by atoms with van der Waals surface area (Å²) in [6, 6.07) is 8.67. The normalized spacial score (nSPS) is 10.3. The maximum atomic E-state index is 11.8. The number of fused-ring (bicyclic) bond motifs is 1. The summed E-state index contributed by atoms with van der Waals surface area (Å²) in [6.07, 6.45) is 4.84. The maximum Gasteiger partial charge on any atom is 0.323 e. The number of H-pyrrole nitrogens is 1. The minimum absolute atomic E-state index is 0.313. The van der Waals surface area contributed by atoms with Crippen LogP contribution in [0.3, 0.4) is 0 Å². The van der Waals surface area contributed by atoms with Crippen LogP contribution in [0, 0.1) is 0 Å². The molecule has 0 radical (unpaired) electrons. The minimum Gasteiger partial charge on any atom is -0.345 e. The first-order valence-electron chi connectivity index (χ1n) is 5.72. The van der Waals surface area contributed by atoms with Gasteiger partial charge >= 0.3 is 6.03 Å². The lowest BCUT2D eigenvalue weighted by Gasteiger charge is -2.07. The Bertz CT molecular complexity index is 707. The van der Waals surface area contributed by atoms with Gasteiger partial charge in [-0.05, 0) is 30.3 Å². The van der Waals surface area contributed by atoms with E-state index < -0.39 is 0 Å². The fourth-order valence-electron chi connectivity index (χ4n) is 1.74. The van der Waals surface area contributed by atoms with Gasteiger partial charge in [0.05, 0.1) is 29.2 Å². The van der Waals surface area contributed by atoms with Crippen LogP contribution in [0.1, 0.15) is 0 Å². The number of carbonyl (C=O) groups excluding carboxylic acids is 1. The summed E-state index contributed by atoms with van der Waals surface area (Å²) in [6.45, 7) is 0. The Kier molecular flexibility index (Phi) is 2.82. The average Bonchev–Trinajstić information content (AvgIpc) is 2.87. The van der Waals surface area contributed by atoms with Gasteiger partial charge in [-0.2, -0.15) is 0 Å². The van der Waals surface area contributed by atoms with Gasteiger partial charge in [-0.15, -0.1) is 0 Å². The molecule has 19 heavy (non-hydrogen) atoms. The zero-order valence-corrected chi connectivity index (χ0v) is 9.92. The van der Waals surface area contributed by atoms with Gasteiger partial charge in [-0.3, -0.25) is 4.98 Å². The van der Waals surface area contributed by atoms with Gasteiger partial charge in [0.15, 0.2) is 0 Å². The lowest BCUT2D eigenvalue weighted by molar-refractivity contribution is 0.262. The van der Waals surface area contributed by atoms with E-state index in [1.165, 1.54) is 0 Å². The average molecular weight is 253 g/mol. The SMILES string of the molecule is O=C(Nc1cccnc1)Nc1ccc2nc[nH]c2c1. The van der Waals surface area contributed by atoms with Crippen molar-refractivity contribution in [3.05, 3.63) is 49.1 Å². The van der Waals surface area contributed by atoms with Crippen LogP contribution < -0.4 is 10.6 Å². The number of aromatic nitrogens is 3. The Morgan fingerprint density at radius 1 is 1.16 bits per heavy atom. The molecule has 0 bridgehead atoms. The number of imidazole rings is 1. The molecule has 0 atom stereocenters. The van der Waals surface area contributed by atoms with E-state index in [1.807, 2.05) is 12.1 Å². The zero-order chi connectivity index (χ0) is 13.1. The number of hydrogen-bond acceptors (Lipinski definition) is 3. The molecule has 2 aromatic heterocycles. The van der Waals surface area contributed by atoms with E-state index in [0.29, 0.717) is 11.4 Å². The molecular weight excluding hydrogens is 242 g/mol. The van der Waals surface area contributed by atoms with Crippen molar-refractivity contribution in [2.75, 3.05) is 10.6 Å². The van der Waals surface area contributed by atoms with Crippen LogP contribution in [0.4, 0.5) is 16.2 Å². The van der Waals surface area contributed by atoms with Crippen LogP contribution in [-0.2, 0) is 0 Å². The van der Waals surface area contributed by atoms with Crippen LogP contribution in [-0.4, -0.2) is 21.0 Å². The third-order valence-corrected chi connectivity index (χ3v) is 2.60. The molecule has 1 aromatic carbocycles. The van der Waals surface area contributed by atoms with E-state index in [0.717, 1.165) is 11.0 Å². The highest BCUT2D eigenvalue weighted by molar-refractivity contribution is 6.00. The van der Waals surface area contributed by atoms with E-state index in [1.54, 1.807) is 36.9 Å². The van der Waals surface area contributed by atoms with Crippen molar-refractivity contribution < 1.29 is 4.79 Å². The fourth-order valence-corrected chi connectivity index (χ4v) is 1.74. The summed E-state index contributed by atoms with van der Waals surface area (Å²) in [5, 5.41) is 5.44. The molecule has 0 spiro atoms. The van der Waals surface area contributed by atoms with Crippen molar-refractivity contribution in [2.45, 2.75) is 0 Å². The molecular formula is C13H11N5O. The summed E-state index contributed by atoms with van der Waals surface area (Å²) in [5.74, 6) is 0. The first-order valence-corrected chi connectivity index (χ1v) is 5.72. The number of rotatable bonds is 2. The fraction of sp³-hybridized carbons (Fsp3) is 0. The Morgan fingerprint density at radius 3 is 2.89 bits per heavy atom. The monoisotopic (exact) mass is 253 g/mol. The second-order valence-electron chi connectivity index (χ2n) is 3.96. The largest absolute Gasteiger partial charge is 0.345 e. The number of hydrogen-bond donors (Lipinski definition) is 3. The van der Waals surface area contributed by atoms with Crippen molar-refractivity contribution in [1.82, 2.24) is 15.0 Å². The van der Waals surface area contributed by atoms with Crippen LogP contribution in [0.2, 0.25) is 0 Å². The predicted octanol–water partition coefficient (Wildman–Crippen LogP) is 2.60. The molecule has 94 valence electrons. The molecule has 0 saturated carbocycles. The third-order valence-electron chi connectivity index (χ3n) is 2.60. The van der Waals surface area contributed by atoms with Gasteiger partial charge in [-0.25, -0.2) is 9.78 Å². The minimum atomic E-state index is -0.313. The van der Waals surface area contributed by atoms with E-state index >= 15 is 0 Å². The predicted molar refractivity (Wildman–Crippen MR) is 73.0 cm³/mol. The summed E-state index contributed by atoms with van der Waals surface area (Å²) in [4.78, 5) is 22.8. The van der Waals surface area contributed by atoms with Crippen molar-refractivity contribution in [3.63, 3.8) is 0 Å². The molecule has 0 saturated heterocycles. The van der Waals surface area contributed by atoms with Gasteiger partial charge in [0.2, 0.25) is 0 Å². The highest BCUT2D eigenvalue weighted by Gasteiger charge is 2.04. The number of benzene rings is 1. The Balaban J connectivity index is 1.72. The van der Waals surface area contributed by atoms with Crippen molar-refractivity contribution >= 4 is 28.4 Å². The smallest absolute Gasteiger partial charge is 0.323 e. The highest BCUT2D eigenvalue weighted by atomic mass is 16.2. The number of nitrogens with one attached hydrogen (secondary N) is 3. The maximum absolute atomic E-state index is 11.8. The molecule has 3 N–H and O–H groups in total. The molecule has 3 aromatic rings. The number of pyridine rings is 1. The summed E-state index contributed by atoms with van der Waals surface area (Å²) in [5.41, 5.74) is 3.07. The Hall–Kier alpha value is -2.89. The molecule has 0 aliphatic carbocycles. The third kappa shape index (κ3) is 2.52. The molecule has 0 unspecified atom stereocenters. The highest BCUT2D eigenvalue weighted by Crippen LogP contribution is 2.15. The Labute approximate surface area is 108 Å². The van der Waals surface area contributed by atoms with Crippen molar-refractivity contribution in [1.29, 1.82) is 0 Å². The van der Waals surface area contributed by atoms with Gasteiger partial charge in [0, 0.05) is 11.9 Å². The molecule has 6 heteroatoms. The van der Waals surface area contributed by atoms with E-state index in [2.05, 4.69) is 25.6 Å². The number of aromatic amines is 1. The first kappa shape index (κ1) is 11.2. The number of urea groups is 1. The lowest BCUT2D eigenvalue weighted by atomic mass is 10.3. The molecule has 0 aliphatic heterocycles. The van der Waals surface area contributed by atoms with Crippen LogP contribution in [0.5, 0.6) is 0 Å². The molecule has 2 heterocycles. The summed E-state index contributed by atoms with van der Waals surface area (Å²) < 4.78 is 0. The molecule has 6 nitrogen and oxygen atoms in total. The lowest BCUT2D eigenvalue weighted by Crippen LogP contribution is -2.19. The number of nitrogens with zero attached hydrogens (tertiary/aromatic N) is 2. The quantitative estimate of drug-likeness (QED) is 0.656. The number of amides is 2. The van der Waals surface area contributed by atoms with Gasteiger partial charge in [0.25, 0.3) is 0 Å². The van der Waals surface area contributed by atoms with Gasteiger partial charge in [-0.1, -0.05) is 0 Å². The van der Waals surface area contributed by atoms with Crippen LogP contribution in [0.15, 0.2) is 49.1 Å². The standard InChI is InChI=1S/C13H11N5O/c19-13(18-10-2-1-5-14-7-10)17-9-3-4-11-12(6-9)16-8-15-11/h1-8H,(H,15,16)(H2,17,18,19). The number of carbonyl (C=O) groups is 1. The van der Waals surface area contributed by atoms with E-state index in [9.17, 15) is 4.79 Å². The molecule has 0 aliphatic rings. The van der Waals surface area contributed by atoms with Gasteiger partial charge < -0.3 is 15.6 Å². The van der Waals surface area contributed by atoms with Crippen molar-refractivity contribution in [2.24, 2.45) is 0 Å². The first-order chi connectivity index (χ1) is 9.31. The summed E-state index contributed by atoms with van der Waals surface area (Å²) in [7, 11) is 0. The number of anilines is 2.